The lowest BCUT2D eigenvalue weighted by molar-refractivity contribution is -0.150. The first-order valence-corrected chi connectivity index (χ1v) is 23.1. The number of ether oxygens (including phenoxy) is 3. The Labute approximate surface area is 329 Å². The summed E-state index contributed by atoms with van der Waals surface area (Å²) in [6.07, 6.45) is 37.9. The van der Waals surface area contributed by atoms with Crippen LogP contribution >= 0.6 is 0 Å². The number of unbranched alkanes of at least 4 members (excludes halogenated alkanes) is 24. The number of hydrogen-bond acceptors (Lipinski definition) is 7. The molecule has 0 spiro atoms. The fourth-order valence-corrected chi connectivity index (χ4v) is 7.05. The van der Waals surface area contributed by atoms with E-state index >= 15 is 0 Å². The maximum absolute atomic E-state index is 12.7. The largest absolute Gasteiger partial charge is 0.466 e. The van der Waals surface area contributed by atoms with Crippen LogP contribution in [0.5, 0.6) is 0 Å². The van der Waals surface area contributed by atoms with E-state index < -0.39 is 0 Å². The second-order valence-electron chi connectivity index (χ2n) is 15.8. The third kappa shape index (κ3) is 39.9. The summed E-state index contributed by atoms with van der Waals surface area (Å²) >= 11 is 0. The third-order valence-corrected chi connectivity index (χ3v) is 10.5. The zero-order valence-electron chi connectivity index (χ0n) is 35.8. The minimum Gasteiger partial charge on any atom is -0.466 e. The molecular weight excluding hydrogens is 663 g/mol. The van der Waals surface area contributed by atoms with Gasteiger partial charge in [0.2, 0.25) is 0 Å². The third-order valence-electron chi connectivity index (χ3n) is 10.5. The molecule has 53 heavy (non-hydrogen) atoms. The van der Waals surface area contributed by atoms with Crippen LogP contribution in [0.15, 0.2) is 0 Å². The summed E-state index contributed by atoms with van der Waals surface area (Å²) in [6, 6.07) is 0. The first-order chi connectivity index (χ1) is 25.9. The van der Waals surface area contributed by atoms with Gasteiger partial charge in [0.05, 0.1) is 6.61 Å². The number of hydrogen-bond donors (Lipinski definition) is 0. The van der Waals surface area contributed by atoms with Gasteiger partial charge in [-0.05, 0) is 70.9 Å². The summed E-state index contributed by atoms with van der Waals surface area (Å²) in [6.45, 7) is 12.0. The minimum atomic E-state index is -0.222. The molecule has 314 valence electrons. The van der Waals surface area contributed by atoms with Crippen molar-refractivity contribution in [2.45, 2.75) is 246 Å². The van der Waals surface area contributed by atoms with Gasteiger partial charge in [-0.15, -0.1) is 0 Å². The quantitative estimate of drug-likeness (QED) is 0.0349. The van der Waals surface area contributed by atoms with Crippen LogP contribution in [-0.4, -0.2) is 61.8 Å². The van der Waals surface area contributed by atoms with Gasteiger partial charge in [0.1, 0.15) is 12.7 Å². The second kappa shape index (κ2) is 41.5. The van der Waals surface area contributed by atoms with Crippen LogP contribution in [0.25, 0.3) is 0 Å². The molecule has 0 radical (unpaired) electrons. The highest BCUT2D eigenvalue weighted by Gasteiger charge is 2.14. The van der Waals surface area contributed by atoms with Crippen molar-refractivity contribution in [3.8, 4) is 0 Å². The highest BCUT2D eigenvalue weighted by Crippen LogP contribution is 2.18. The van der Waals surface area contributed by atoms with Crippen molar-refractivity contribution in [1.82, 2.24) is 4.90 Å². The van der Waals surface area contributed by atoms with Gasteiger partial charge >= 0.3 is 17.9 Å². The Morgan fingerprint density at radius 2 is 0.811 bits per heavy atom. The van der Waals surface area contributed by atoms with Gasteiger partial charge in [-0.25, -0.2) is 0 Å². The van der Waals surface area contributed by atoms with Gasteiger partial charge < -0.3 is 14.2 Å². The van der Waals surface area contributed by atoms with Crippen LogP contribution in [0.1, 0.15) is 240 Å². The molecule has 0 saturated carbocycles. The van der Waals surface area contributed by atoms with Crippen LogP contribution in [-0.2, 0) is 28.6 Å². The first-order valence-electron chi connectivity index (χ1n) is 23.1. The van der Waals surface area contributed by atoms with Crippen LogP contribution in [0.4, 0.5) is 0 Å². The Morgan fingerprint density at radius 1 is 0.415 bits per heavy atom. The Balaban J connectivity index is 4.17. The molecular formula is C46H89NO6. The highest BCUT2D eigenvalue weighted by atomic mass is 16.5. The van der Waals surface area contributed by atoms with Crippen LogP contribution in [0, 0.1) is 0 Å². The smallest absolute Gasteiger partial charge is 0.306 e. The molecule has 0 aromatic heterocycles. The second-order valence-corrected chi connectivity index (χ2v) is 15.8. The summed E-state index contributed by atoms with van der Waals surface area (Å²) in [5, 5.41) is 0. The Hall–Kier alpha value is -1.63. The predicted octanol–water partition coefficient (Wildman–Crippen LogP) is 13.2. The van der Waals surface area contributed by atoms with Crippen LogP contribution in [0.2, 0.25) is 0 Å². The van der Waals surface area contributed by atoms with Crippen molar-refractivity contribution in [3.05, 3.63) is 0 Å². The van der Waals surface area contributed by atoms with E-state index in [2.05, 4.69) is 25.7 Å². The van der Waals surface area contributed by atoms with Crippen molar-refractivity contribution in [1.29, 1.82) is 0 Å². The van der Waals surface area contributed by atoms with E-state index in [4.69, 9.17) is 14.2 Å². The Morgan fingerprint density at radius 3 is 1.28 bits per heavy atom. The van der Waals surface area contributed by atoms with Crippen molar-refractivity contribution in [3.63, 3.8) is 0 Å². The minimum absolute atomic E-state index is 0.00217. The van der Waals surface area contributed by atoms with E-state index in [9.17, 15) is 14.4 Å². The van der Waals surface area contributed by atoms with Gasteiger partial charge in [-0.1, -0.05) is 162 Å². The van der Waals surface area contributed by atoms with Gasteiger partial charge in [0, 0.05) is 26.3 Å². The van der Waals surface area contributed by atoms with E-state index in [1.807, 2.05) is 0 Å². The standard InChI is InChI=1S/C46H89NO6/c1-5-8-11-14-17-26-33-41-52-45(49)36-29-22-18-24-31-38-47(40-42-51-43(4)48)39-32-25-19-23-30-37-46(50)53-44(34-27-20-15-12-9-6-2)35-28-21-16-13-10-7-3/h44H,5-42H2,1-4H3. The van der Waals surface area contributed by atoms with Crippen molar-refractivity contribution < 1.29 is 28.6 Å². The molecule has 0 N–H and O–H groups in total. The fraction of sp³-hybridized carbons (Fsp3) is 0.935. The van der Waals surface area contributed by atoms with Gasteiger partial charge in [-0.2, -0.15) is 0 Å². The number of carbonyl (C=O) groups excluding carboxylic acids is 3. The first kappa shape index (κ1) is 51.4. The van der Waals surface area contributed by atoms with E-state index in [-0.39, 0.29) is 24.0 Å². The molecule has 0 aromatic carbocycles. The van der Waals surface area contributed by atoms with E-state index in [1.165, 1.54) is 116 Å². The summed E-state index contributed by atoms with van der Waals surface area (Å²) in [5.41, 5.74) is 0. The summed E-state index contributed by atoms with van der Waals surface area (Å²) in [5.74, 6) is -0.262. The molecule has 7 heteroatoms. The van der Waals surface area contributed by atoms with Crippen LogP contribution in [0.3, 0.4) is 0 Å². The molecule has 0 atom stereocenters. The number of carbonyl (C=O) groups is 3. The lowest BCUT2D eigenvalue weighted by Crippen LogP contribution is -2.30. The van der Waals surface area contributed by atoms with Gasteiger partial charge in [0.15, 0.2) is 0 Å². The van der Waals surface area contributed by atoms with Crippen molar-refractivity contribution in [2.24, 2.45) is 0 Å². The molecule has 0 unspecified atom stereocenters. The van der Waals surface area contributed by atoms with Crippen LogP contribution < -0.4 is 0 Å². The maximum Gasteiger partial charge on any atom is 0.306 e. The average Bonchev–Trinajstić information content (AvgIpc) is 3.14. The van der Waals surface area contributed by atoms with Gasteiger partial charge in [0.25, 0.3) is 0 Å². The monoisotopic (exact) mass is 752 g/mol. The SMILES string of the molecule is CCCCCCCCCOC(=O)CCCCCCCN(CCCCCCCC(=O)OC(CCCCCCCC)CCCCCCCC)CCOC(C)=O. The highest BCUT2D eigenvalue weighted by molar-refractivity contribution is 5.69. The molecule has 0 aliphatic carbocycles. The zero-order valence-corrected chi connectivity index (χ0v) is 35.8. The molecule has 0 heterocycles. The molecule has 7 nitrogen and oxygen atoms in total. The molecule has 0 rings (SSSR count). The molecule has 0 bridgehead atoms. The van der Waals surface area contributed by atoms with Crippen molar-refractivity contribution in [2.75, 3.05) is 32.8 Å². The topological polar surface area (TPSA) is 82.1 Å². The Bertz CT molecular complexity index is 789. The summed E-state index contributed by atoms with van der Waals surface area (Å²) in [7, 11) is 0. The average molecular weight is 752 g/mol. The van der Waals surface area contributed by atoms with Gasteiger partial charge in [-0.3, -0.25) is 19.3 Å². The van der Waals surface area contributed by atoms with E-state index in [1.54, 1.807) is 0 Å². The molecule has 0 aliphatic heterocycles. The predicted molar refractivity (Wildman–Crippen MR) is 223 cm³/mol. The summed E-state index contributed by atoms with van der Waals surface area (Å²) in [4.78, 5) is 38.5. The van der Waals surface area contributed by atoms with E-state index in [0.29, 0.717) is 26.1 Å². The lowest BCUT2D eigenvalue weighted by atomic mass is 10.0. The fourth-order valence-electron chi connectivity index (χ4n) is 7.05. The summed E-state index contributed by atoms with van der Waals surface area (Å²) < 4.78 is 16.7. The zero-order chi connectivity index (χ0) is 38.9. The Kier molecular flexibility index (Phi) is 40.3. The van der Waals surface area contributed by atoms with Crippen molar-refractivity contribution >= 4 is 17.9 Å². The number of rotatable bonds is 42. The number of esters is 3. The lowest BCUT2D eigenvalue weighted by Gasteiger charge is -2.22. The molecule has 0 saturated heterocycles. The molecule has 0 aliphatic rings. The molecule has 0 fully saturated rings. The van der Waals surface area contributed by atoms with E-state index in [0.717, 1.165) is 110 Å². The maximum atomic E-state index is 12.7. The molecule has 0 amide bonds. The normalized spacial score (nSPS) is 11.4. The number of nitrogens with zero attached hydrogens (tertiary/aromatic N) is 1. The molecule has 0 aromatic rings.